The van der Waals surface area contributed by atoms with Gasteiger partial charge in [0, 0.05) is 26.2 Å². The largest absolute Gasteiger partial charge is 0.378 e. The van der Waals surface area contributed by atoms with Gasteiger partial charge in [-0.3, -0.25) is 4.79 Å². The van der Waals surface area contributed by atoms with Crippen molar-refractivity contribution < 1.29 is 4.79 Å². The summed E-state index contributed by atoms with van der Waals surface area (Å²) in [6.45, 7) is 3.94. The Balaban J connectivity index is 2.95. The zero-order valence-electron chi connectivity index (χ0n) is 12.7. The fraction of sp³-hybridized carbons (Fsp3) is 0.533. The first-order valence-corrected chi connectivity index (χ1v) is 7.88. The summed E-state index contributed by atoms with van der Waals surface area (Å²) in [6, 6.07) is 6.89. The minimum Gasteiger partial charge on any atom is -0.378 e. The zero-order valence-corrected chi connectivity index (χ0v) is 14.9. The van der Waals surface area contributed by atoms with Gasteiger partial charge in [0.05, 0.1) is 0 Å². The third kappa shape index (κ3) is 5.93. The molecule has 0 heterocycles. The molecule has 1 aromatic rings. The Morgan fingerprint density at radius 2 is 1.71 bits per heavy atom. The van der Waals surface area contributed by atoms with Gasteiger partial charge in [-0.2, -0.15) is 0 Å². The molecular formula is C15H21Cl3N2O. The molecule has 0 spiro atoms. The maximum atomic E-state index is 12.0. The predicted octanol–water partition coefficient (Wildman–Crippen LogP) is 4.33. The Morgan fingerprint density at radius 3 is 2.10 bits per heavy atom. The molecule has 0 saturated heterocycles. The first-order valence-electron chi connectivity index (χ1n) is 6.74. The fourth-order valence-corrected chi connectivity index (χ4v) is 2.45. The number of alkyl halides is 3. The van der Waals surface area contributed by atoms with E-state index in [1.807, 2.05) is 57.1 Å². The Bertz CT molecular complexity index is 467. The Morgan fingerprint density at radius 1 is 1.19 bits per heavy atom. The molecule has 1 atom stereocenters. The highest BCUT2D eigenvalue weighted by Gasteiger charge is 2.35. The van der Waals surface area contributed by atoms with Gasteiger partial charge in [0.1, 0.15) is 6.04 Å². The van der Waals surface area contributed by atoms with E-state index in [9.17, 15) is 4.79 Å². The average molecular weight is 352 g/mol. The molecule has 21 heavy (non-hydrogen) atoms. The third-order valence-electron chi connectivity index (χ3n) is 2.97. The number of benzene rings is 1. The van der Waals surface area contributed by atoms with Crippen LogP contribution < -0.4 is 10.2 Å². The van der Waals surface area contributed by atoms with Gasteiger partial charge in [-0.05, 0) is 23.6 Å². The summed E-state index contributed by atoms with van der Waals surface area (Å²) in [7, 11) is 3.90. The van der Waals surface area contributed by atoms with Gasteiger partial charge in [-0.1, -0.05) is 60.8 Å². The second kappa shape index (κ2) is 7.57. The second-order valence-corrected chi connectivity index (χ2v) is 8.00. The van der Waals surface area contributed by atoms with E-state index < -0.39 is 9.83 Å². The summed E-state index contributed by atoms with van der Waals surface area (Å²) in [5.41, 5.74) is 1.80. The van der Waals surface area contributed by atoms with Crippen molar-refractivity contribution in [2.24, 2.45) is 5.92 Å². The molecule has 0 radical (unpaired) electrons. The number of hydrogen-bond acceptors (Lipinski definition) is 2. The fourth-order valence-electron chi connectivity index (χ4n) is 1.91. The average Bonchev–Trinajstić information content (AvgIpc) is 2.34. The van der Waals surface area contributed by atoms with E-state index in [1.165, 1.54) is 0 Å². The molecule has 0 aliphatic heterocycles. The summed E-state index contributed by atoms with van der Waals surface area (Å²) < 4.78 is -1.60. The molecule has 0 aliphatic carbocycles. The molecule has 3 nitrogen and oxygen atoms in total. The van der Waals surface area contributed by atoms with E-state index in [0.29, 0.717) is 6.42 Å². The molecule has 1 N–H and O–H groups in total. The Labute approximate surface area is 141 Å². The molecule has 1 aromatic carbocycles. The molecular weight excluding hydrogens is 331 g/mol. The number of carbonyl (C=O) groups excluding carboxylic acids is 1. The van der Waals surface area contributed by atoms with E-state index in [0.717, 1.165) is 11.3 Å². The van der Waals surface area contributed by atoms with Crippen molar-refractivity contribution in [3.63, 3.8) is 0 Å². The van der Waals surface area contributed by atoms with E-state index >= 15 is 0 Å². The highest BCUT2D eigenvalue weighted by atomic mass is 35.6. The number of nitrogens with zero attached hydrogens (tertiary/aromatic N) is 1. The van der Waals surface area contributed by atoms with Crippen molar-refractivity contribution in [2.45, 2.75) is 30.1 Å². The minimum atomic E-state index is -1.60. The van der Waals surface area contributed by atoms with Gasteiger partial charge >= 0.3 is 0 Å². The van der Waals surface area contributed by atoms with Crippen LogP contribution in [0.5, 0.6) is 0 Å². The van der Waals surface area contributed by atoms with Gasteiger partial charge in [-0.15, -0.1) is 0 Å². The smallest absolute Gasteiger partial charge is 0.220 e. The second-order valence-electron chi connectivity index (χ2n) is 5.63. The summed E-state index contributed by atoms with van der Waals surface area (Å²) in [4.78, 5) is 13.9. The summed E-state index contributed by atoms with van der Waals surface area (Å²) in [5, 5.41) is 2.80. The lowest BCUT2D eigenvalue weighted by molar-refractivity contribution is -0.122. The van der Waals surface area contributed by atoms with Crippen LogP contribution in [0.1, 0.15) is 31.9 Å². The monoisotopic (exact) mass is 350 g/mol. The quantitative estimate of drug-likeness (QED) is 0.801. The van der Waals surface area contributed by atoms with Gasteiger partial charge in [-0.25, -0.2) is 0 Å². The number of amides is 1. The number of halogens is 3. The summed E-state index contributed by atoms with van der Waals surface area (Å²) in [6.07, 6.45) is 0.396. The van der Waals surface area contributed by atoms with E-state index in [4.69, 9.17) is 34.8 Å². The molecule has 0 fully saturated rings. The zero-order chi connectivity index (χ0) is 16.2. The highest BCUT2D eigenvalue weighted by molar-refractivity contribution is 6.68. The van der Waals surface area contributed by atoms with E-state index in [2.05, 4.69) is 5.32 Å². The highest BCUT2D eigenvalue weighted by Crippen LogP contribution is 2.40. The molecule has 0 unspecified atom stereocenters. The predicted molar refractivity (Wildman–Crippen MR) is 91.4 cm³/mol. The van der Waals surface area contributed by atoms with Crippen LogP contribution in [0.25, 0.3) is 0 Å². The summed E-state index contributed by atoms with van der Waals surface area (Å²) in [5.74, 6) is 0.121. The SMILES string of the molecule is CC(C)CC(=O)N[C@H](c1ccc(N(C)C)cc1)C(Cl)(Cl)Cl. The van der Waals surface area contributed by atoms with Crippen LogP contribution in [0.15, 0.2) is 24.3 Å². The number of rotatable bonds is 5. The minimum absolute atomic E-state index is 0.127. The van der Waals surface area contributed by atoms with Gasteiger partial charge in [0.2, 0.25) is 9.70 Å². The van der Waals surface area contributed by atoms with Gasteiger partial charge in [0.15, 0.2) is 0 Å². The van der Waals surface area contributed by atoms with Crippen LogP contribution in [0, 0.1) is 5.92 Å². The topological polar surface area (TPSA) is 32.3 Å². The van der Waals surface area contributed by atoms with E-state index in [-0.39, 0.29) is 11.8 Å². The molecule has 0 saturated carbocycles. The van der Waals surface area contributed by atoms with Crippen LogP contribution in [-0.4, -0.2) is 23.8 Å². The molecule has 1 amide bonds. The van der Waals surface area contributed by atoms with Crippen molar-refractivity contribution in [3.05, 3.63) is 29.8 Å². The number of nitrogens with one attached hydrogen (secondary N) is 1. The van der Waals surface area contributed by atoms with Crippen LogP contribution in [-0.2, 0) is 4.79 Å². The first kappa shape index (κ1) is 18.4. The standard InChI is InChI=1S/C15H21Cl3N2O/c1-10(2)9-13(21)19-14(15(16,17)18)11-5-7-12(8-6-11)20(3)4/h5-8,10,14H,9H2,1-4H3,(H,19,21)/t14-/m1/s1. The molecule has 6 heteroatoms. The molecule has 1 rings (SSSR count). The summed E-state index contributed by atoms with van der Waals surface area (Å²) >= 11 is 18.1. The van der Waals surface area contributed by atoms with Crippen LogP contribution in [0.3, 0.4) is 0 Å². The molecule has 0 aromatic heterocycles. The van der Waals surface area contributed by atoms with Gasteiger partial charge < -0.3 is 10.2 Å². The van der Waals surface area contributed by atoms with Crippen molar-refractivity contribution in [1.82, 2.24) is 5.32 Å². The van der Waals surface area contributed by atoms with E-state index in [1.54, 1.807) is 0 Å². The lowest BCUT2D eigenvalue weighted by Crippen LogP contribution is -2.36. The molecule has 118 valence electrons. The van der Waals surface area contributed by atoms with Crippen LogP contribution >= 0.6 is 34.8 Å². The number of anilines is 1. The Kier molecular flexibility index (Phi) is 6.64. The lowest BCUT2D eigenvalue weighted by atomic mass is 10.1. The molecule has 0 aliphatic rings. The third-order valence-corrected chi connectivity index (χ3v) is 3.62. The normalized spacial score (nSPS) is 13.1. The first-order chi connectivity index (χ1) is 9.61. The molecule has 0 bridgehead atoms. The maximum Gasteiger partial charge on any atom is 0.220 e. The van der Waals surface area contributed by atoms with Crippen LogP contribution in [0.4, 0.5) is 5.69 Å². The Hall–Kier alpha value is -0.640. The number of hydrogen-bond donors (Lipinski definition) is 1. The van der Waals surface area contributed by atoms with Crippen molar-refractivity contribution in [2.75, 3.05) is 19.0 Å². The van der Waals surface area contributed by atoms with Crippen molar-refractivity contribution >= 4 is 46.4 Å². The van der Waals surface area contributed by atoms with Gasteiger partial charge in [0.25, 0.3) is 0 Å². The maximum absolute atomic E-state index is 12.0. The van der Waals surface area contributed by atoms with Crippen LogP contribution in [0.2, 0.25) is 0 Å². The van der Waals surface area contributed by atoms with Crippen molar-refractivity contribution in [3.8, 4) is 0 Å². The van der Waals surface area contributed by atoms with Crippen molar-refractivity contribution in [1.29, 1.82) is 0 Å². The number of carbonyl (C=O) groups is 1. The lowest BCUT2D eigenvalue weighted by Gasteiger charge is -2.27.